The van der Waals surface area contributed by atoms with E-state index < -0.39 is 6.09 Å². The summed E-state index contributed by atoms with van der Waals surface area (Å²) in [5.74, 6) is -0.00852. The van der Waals surface area contributed by atoms with Gasteiger partial charge in [-0.05, 0) is 55.7 Å². The van der Waals surface area contributed by atoms with E-state index in [9.17, 15) is 14.7 Å². The monoisotopic (exact) mass is 328 g/mol. The van der Waals surface area contributed by atoms with Crippen LogP contribution >= 0.6 is 0 Å². The second-order valence-electron chi connectivity index (χ2n) is 6.03. The van der Waals surface area contributed by atoms with E-state index in [-0.39, 0.29) is 17.7 Å². The quantitative estimate of drug-likeness (QED) is 0.909. The topological polar surface area (TPSA) is 74.0 Å². The van der Waals surface area contributed by atoms with Crippen molar-refractivity contribution in [3.05, 3.63) is 47.4 Å². The number of aryl methyl sites for hydroxylation is 2. The predicted molar refractivity (Wildman–Crippen MR) is 90.9 cm³/mol. The molecule has 1 aliphatic rings. The maximum atomic E-state index is 12.8. The van der Waals surface area contributed by atoms with Gasteiger partial charge in [0.1, 0.15) is 0 Å². The summed E-state index contributed by atoms with van der Waals surface area (Å²) < 4.78 is 5.24. The van der Waals surface area contributed by atoms with Crippen molar-refractivity contribution in [2.24, 2.45) is 0 Å². The Hall–Kier alpha value is -2.76. The van der Waals surface area contributed by atoms with E-state index in [1.165, 1.54) is 11.2 Å². The molecule has 0 bridgehead atoms. The van der Waals surface area contributed by atoms with Crippen molar-refractivity contribution in [2.45, 2.75) is 33.2 Å². The Bertz CT molecular complexity index is 783. The molecule has 1 aromatic heterocycles. The van der Waals surface area contributed by atoms with E-state index in [0.29, 0.717) is 24.3 Å². The third-order valence-corrected chi connectivity index (χ3v) is 4.55. The normalized spacial score (nSPS) is 16.9. The molecule has 6 heteroatoms. The van der Waals surface area contributed by atoms with Gasteiger partial charge in [0.05, 0.1) is 23.7 Å². The fraction of sp³-hybridized carbons (Fsp3) is 0.333. The number of fused-ring (bicyclic) bond motifs is 1. The van der Waals surface area contributed by atoms with Crippen LogP contribution < -0.4 is 9.80 Å². The molecule has 0 fully saturated rings. The van der Waals surface area contributed by atoms with Gasteiger partial charge in [0.2, 0.25) is 0 Å². The number of furan rings is 1. The number of carbonyl (C=O) groups excluding carboxylic acids is 1. The van der Waals surface area contributed by atoms with Gasteiger partial charge in [0.15, 0.2) is 5.76 Å². The van der Waals surface area contributed by atoms with Crippen molar-refractivity contribution < 1.29 is 19.1 Å². The van der Waals surface area contributed by atoms with Crippen molar-refractivity contribution in [3.63, 3.8) is 0 Å². The predicted octanol–water partition coefficient (Wildman–Crippen LogP) is 3.82. The van der Waals surface area contributed by atoms with E-state index in [2.05, 4.69) is 0 Å². The third kappa shape index (κ3) is 2.54. The number of amides is 2. The second-order valence-corrected chi connectivity index (χ2v) is 6.03. The highest BCUT2D eigenvalue weighted by Crippen LogP contribution is 2.39. The van der Waals surface area contributed by atoms with Crippen LogP contribution in [0.3, 0.4) is 0 Å². The summed E-state index contributed by atoms with van der Waals surface area (Å²) in [5.41, 5.74) is 3.14. The summed E-state index contributed by atoms with van der Waals surface area (Å²) in [6.45, 7) is 6.10. The Balaban J connectivity index is 2.15. The third-order valence-electron chi connectivity index (χ3n) is 4.55. The zero-order valence-electron chi connectivity index (χ0n) is 13.9. The van der Waals surface area contributed by atoms with Gasteiger partial charge in [0.25, 0.3) is 5.91 Å². The number of rotatable bonds is 2. The van der Waals surface area contributed by atoms with Crippen LogP contribution in [0, 0.1) is 13.8 Å². The van der Waals surface area contributed by atoms with Crippen LogP contribution in [0.1, 0.15) is 35.0 Å². The molecule has 0 aliphatic carbocycles. The first-order valence-corrected chi connectivity index (χ1v) is 7.92. The molecular formula is C18H20N2O4. The minimum Gasteiger partial charge on any atom is -0.465 e. The van der Waals surface area contributed by atoms with Gasteiger partial charge >= 0.3 is 6.09 Å². The number of nitrogens with zero attached hydrogens (tertiary/aromatic N) is 2. The maximum Gasteiger partial charge on any atom is 0.412 e. The van der Waals surface area contributed by atoms with Crippen LogP contribution in [0.4, 0.5) is 16.2 Å². The van der Waals surface area contributed by atoms with E-state index in [1.54, 1.807) is 17.0 Å². The molecule has 2 amide bonds. The number of hydrogen-bond acceptors (Lipinski definition) is 3. The zero-order chi connectivity index (χ0) is 17.4. The van der Waals surface area contributed by atoms with Crippen molar-refractivity contribution >= 4 is 23.4 Å². The van der Waals surface area contributed by atoms with E-state index in [1.807, 2.05) is 32.9 Å². The molecule has 1 N–H and O–H groups in total. The lowest BCUT2D eigenvalue weighted by atomic mass is 10.0. The average molecular weight is 328 g/mol. The first kappa shape index (κ1) is 16.1. The van der Waals surface area contributed by atoms with Crippen molar-refractivity contribution in [1.29, 1.82) is 0 Å². The molecule has 1 aliphatic heterocycles. The van der Waals surface area contributed by atoms with Crippen LogP contribution in [0.2, 0.25) is 0 Å². The van der Waals surface area contributed by atoms with Crippen LogP contribution in [-0.4, -0.2) is 29.7 Å². The standard InChI is InChI=1S/C18H20N2O4/c1-4-13-10-19(17(21)16-6-5-7-24-16)14-8-11(2)12(3)9-15(14)20(13)18(22)23/h5-9,13H,4,10H2,1-3H3,(H,22,23). The molecule has 1 aromatic carbocycles. The summed E-state index contributed by atoms with van der Waals surface area (Å²) in [6, 6.07) is 6.69. The number of hydrogen-bond donors (Lipinski definition) is 1. The van der Waals surface area contributed by atoms with Gasteiger partial charge in [-0.1, -0.05) is 6.92 Å². The number of carboxylic acid groups (broad SMARTS) is 1. The highest BCUT2D eigenvalue weighted by molar-refractivity contribution is 6.09. The molecule has 6 nitrogen and oxygen atoms in total. The highest BCUT2D eigenvalue weighted by Gasteiger charge is 2.37. The molecule has 0 radical (unpaired) electrons. The number of benzene rings is 1. The van der Waals surface area contributed by atoms with Gasteiger partial charge in [0, 0.05) is 6.54 Å². The zero-order valence-corrected chi connectivity index (χ0v) is 13.9. The number of anilines is 2. The minimum absolute atomic E-state index is 0.248. The lowest BCUT2D eigenvalue weighted by Crippen LogP contribution is -2.52. The van der Waals surface area contributed by atoms with Crippen LogP contribution in [0.15, 0.2) is 34.9 Å². The largest absolute Gasteiger partial charge is 0.465 e. The average Bonchev–Trinajstić information content (AvgIpc) is 3.08. The molecular weight excluding hydrogens is 308 g/mol. The van der Waals surface area contributed by atoms with Gasteiger partial charge in [-0.3, -0.25) is 9.69 Å². The van der Waals surface area contributed by atoms with E-state index in [4.69, 9.17) is 4.42 Å². The minimum atomic E-state index is -1.00. The Morgan fingerprint density at radius 2 is 1.92 bits per heavy atom. The molecule has 1 unspecified atom stereocenters. The van der Waals surface area contributed by atoms with Gasteiger partial charge in [-0.2, -0.15) is 0 Å². The molecule has 2 aromatic rings. The lowest BCUT2D eigenvalue weighted by Gasteiger charge is -2.41. The summed E-state index contributed by atoms with van der Waals surface area (Å²) in [7, 11) is 0. The molecule has 0 saturated heterocycles. The molecule has 1 atom stereocenters. The second kappa shape index (κ2) is 6.03. The molecule has 3 rings (SSSR count). The Labute approximate surface area is 140 Å². The molecule has 2 heterocycles. The van der Waals surface area contributed by atoms with Crippen LogP contribution in [-0.2, 0) is 0 Å². The first-order valence-electron chi connectivity index (χ1n) is 7.92. The van der Waals surface area contributed by atoms with Crippen molar-refractivity contribution in [3.8, 4) is 0 Å². The smallest absolute Gasteiger partial charge is 0.412 e. The van der Waals surface area contributed by atoms with Crippen molar-refractivity contribution in [2.75, 3.05) is 16.3 Å². The van der Waals surface area contributed by atoms with Gasteiger partial charge < -0.3 is 14.4 Å². The molecule has 0 spiro atoms. The maximum absolute atomic E-state index is 12.8. The molecule has 0 saturated carbocycles. The van der Waals surface area contributed by atoms with Gasteiger partial charge in [-0.15, -0.1) is 0 Å². The first-order chi connectivity index (χ1) is 11.4. The summed E-state index contributed by atoms with van der Waals surface area (Å²) in [6.07, 6.45) is 1.07. The fourth-order valence-corrected chi connectivity index (χ4v) is 3.08. The Morgan fingerprint density at radius 3 is 2.46 bits per heavy atom. The summed E-state index contributed by atoms with van der Waals surface area (Å²) in [4.78, 5) is 27.6. The highest BCUT2D eigenvalue weighted by atomic mass is 16.4. The van der Waals surface area contributed by atoms with Crippen molar-refractivity contribution in [1.82, 2.24) is 0 Å². The Morgan fingerprint density at radius 1 is 1.25 bits per heavy atom. The Kier molecular flexibility index (Phi) is 4.05. The molecule has 126 valence electrons. The number of carbonyl (C=O) groups is 2. The lowest BCUT2D eigenvalue weighted by molar-refractivity contribution is 0.0956. The SMILES string of the molecule is CCC1CN(C(=O)c2ccco2)c2cc(C)c(C)cc2N1C(=O)O. The fourth-order valence-electron chi connectivity index (χ4n) is 3.08. The summed E-state index contributed by atoms with van der Waals surface area (Å²) >= 11 is 0. The van der Waals surface area contributed by atoms with E-state index in [0.717, 1.165) is 11.1 Å². The summed E-state index contributed by atoms with van der Waals surface area (Å²) in [5, 5.41) is 9.66. The van der Waals surface area contributed by atoms with Crippen LogP contribution in [0.5, 0.6) is 0 Å². The van der Waals surface area contributed by atoms with E-state index >= 15 is 0 Å². The van der Waals surface area contributed by atoms with Crippen LogP contribution in [0.25, 0.3) is 0 Å². The molecule has 24 heavy (non-hydrogen) atoms. The van der Waals surface area contributed by atoms with Gasteiger partial charge in [-0.25, -0.2) is 4.79 Å².